The Kier molecular flexibility index (Phi) is 2.86. The number of esters is 1. The van der Waals surface area contributed by atoms with E-state index < -0.39 is 5.97 Å². The van der Waals surface area contributed by atoms with Crippen LogP contribution in [0.25, 0.3) is 11.4 Å². The van der Waals surface area contributed by atoms with Gasteiger partial charge in [0.05, 0.1) is 18.5 Å². The Bertz CT molecular complexity index is 500. The largest absolute Gasteiger partial charge is 0.463 e. The zero-order chi connectivity index (χ0) is 11.4. The van der Waals surface area contributed by atoms with Crippen molar-refractivity contribution in [2.24, 2.45) is 0 Å². The Hall–Kier alpha value is -2.30. The molecule has 0 saturated heterocycles. The van der Waals surface area contributed by atoms with Gasteiger partial charge in [-0.25, -0.2) is 14.8 Å². The third-order valence-corrected chi connectivity index (χ3v) is 1.95. The van der Waals surface area contributed by atoms with E-state index in [0.717, 1.165) is 0 Å². The number of hydrogen-bond donors (Lipinski definition) is 0. The van der Waals surface area contributed by atoms with Gasteiger partial charge in [-0.15, -0.1) is 0 Å². The number of nitrogens with zero attached hydrogens (tertiary/aromatic N) is 3. The number of hydrogen-bond acceptors (Lipinski definition) is 5. The lowest BCUT2D eigenvalue weighted by Gasteiger charge is -2.01. The van der Waals surface area contributed by atoms with Gasteiger partial charge < -0.3 is 4.74 Å². The Morgan fingerprint density at radius 1 is 1.12 bits per heavy atom. The molecule has 0 amide bonds. The highest BCUT2D eigenvalue weighted by Gasteiger charge is 2.10. The number of carbonyl (C=O) groups is 1. The molecule has 0 aromatic carbocycles. The first-order valence-electron chi connectivity index (χ1n) is 4.64. The monoisotopic (exact) mass is 215 g/mol. The van der Waals surface area contributed by atoms with Crippen molar-refractivity contribution in [2.45, 2.75) is 0 Å². The molecular weight excluding hydrogens is 206 g/mol. The number of pyridine rings is 1. The molecule has 0 saturated carbocycles. The number of aromatic nitrogens is 3. The molecular formula is C11H9N3O2. The van der Waals surface area contributed by atoms with Crippen LogP contribution in [-0.2, 0) is 4.74 Å². The van der Waals surface area contributed by atoms with Crippen LogP contribution in [0.3, 0.4) is 0 Å². The summed E-state index contributed by atoms with van der Waals surface area (Å²) in [6.07, 6.45) is 3.17. The van der Waals surface area contributed by atoms with E-state index in [2.05, 4.69) is 19.7 Å². The van der Waals surface area contributed by atoms with Crippen molar-refractivity contribution in [3.05, 3.63) is 42.5 Å². The van der Waals surface area contributed by atoms with Crippen molar-refractivity contribution < 1.29 is 9.53 Å². The van der Waals surface area contributed by atoms with Gasteiger partial charge >= 0.3 is 5.97 Å². The zero-order valence-corrected chi connectivity index (χ0v) is 8.62. The normalized spacial score (nSPS) is 9.81. The predicted molar refractivity (Wildman–Crippen MR) is 56.6 cm³/mol. The maximum absolute atomic E-state index is 11.2. The summed E-state index contributed by atoms with van der Waals surface area (Å²) in [6.45, 7) is 0. The van der Waals surface area contributed by atoms with Gasteiger partial charge in [0.15, 0.2) is 0 Å². The van der Waals surface area contributed by atoms with E-state index in [1.165, 1.54) is 13.3 Å². The van der Waals surface area contributed by atoms with Gasteiger partial charge in [0.1, 0.15) is 0 Å². The number of carbonyl (C=O) groups excluding carboxylic acids is 1. The molecule has 0 atom stereocenters. The van der Waals surface area contributed by atoms with Crippen LogP contribution in [0.4, 0.5) is 0 Å². The minimum atomic E-state index is -0.558. The average molecular weight is 215 g/mol. The highest BCUT2D eigenvalue weighted by atomic mass is 16.5. The Balaban J connectivity index is 2.40. The first-order chi connectivity index (χ1) is 7.81. The lowest BCUT2D eigenvalue weighted by Crippen LogP contribution is -2.07. The van der Waals surface area contributed by atoms with Crippen LogP contribution in [0.5, 0.6) is 0 Å². The molecule has 0 fully saturated rings. The molecule has 0 spiro atoms. The third-order valence-electron chi connectivity index (χ3n) is 1.95. The first kappa shape index (κ1) is 10.2. The highest BCUT2D eigenvalue weighted by Crippen LogP contribution is 2.12. The summed E-state index contributed by atoms with van der Waals surface area (Å²) in [5.74, 6) is -0.525. The van der Waals surface area contributed by atoms with Crippen molar-refractivity contribution >= 4 is 5.97 Å². The summed E-state index contributed by atoms with van der Waals surface area (Å²) < 4.78 is 4.54. The van der Waals surface area contributed by atoms with E-state index in [1.54, 1.807) is 12.3 Å². The molecule has 0 radical (unpaired) electrons. The number of methoxy groups -OCH3 is 1. The molecule has 16 heavy (non-hydrogen) atoms. The van der Waals surface area contributed by atoms with Gasteiger partial charge in [0, 0.05) is 12.4 Å². The SMILES string of the molecule is COC(=O)c1nccc(-c2ccccn2)n1. The number of rotatable bonds is 2. The van der Waals surface area contributed by atoms with Gasteiger partial charge in [0.25, 0.3) is 0 Å². The first-order valence-corrected chi connectivity index (χ1v) is 4.64. The zero-order valence-electron chi connectivity index (χ0n) is 8.62. The van der Waals surface area contributed by atoms with Crippen molar-refractivity contribution in [1.82, 2.24) is 15.0 Å². The van der Waals surface area contributed by atoms with Gasteiger partial charge in [-0.1, -0.05) is 6.07 Å². The summed E-state index contributed by atoms with van der Waals surface area (Å²) >= 11 is 0. The second-order valence-corrected chi connectivity index (χ2v) is 2.97. The van der Waals surface area contributed by atoms with E-state index >= 15 is 0 Å². The molecule has 0 aliphatic carbocycles. The smallest absolute Gasteiger partial charge is 0.376 e. The van der Waals surface area contributed by atoms with Gasteiger partial charge in [0.2, 0.25) is 5.82 Å². The molecule has 2 heterocycles. The fraction of sp³-hybridized carbons (Fsp3) is 0.0909. The van der Waals surface area contributed by atoms with E-state index in [-0.39, 0.29) is 5.82 Å². The van der Waals surface area contributed by atoms with Crippen LogP contribution in [0.15, 0.2) is 36.7 Å². The summed E-state index contributed by atoms with van der Waals surface area (Å²) in [7, 11) is 1.29. The highest BCUT2D eigenvalue weighted by molar-refractivity contribution is 5.85. The quantitative estimate of drug-likeness (QED) is 0.707. The molecule has 0 N–H and O–H groups in total. The maximum Gasteiger partial charge on any atom is 0.376 e. The molecule has 0 unspecified atom stereocenters. The van der Waals surface area contributed by atoms with Crippen LogP contribution in [0, 0.1) is 0 Å². The molecule has 2 rings (SSSR count). The second-order valence-electron chi connectivity index (χ2n) is 2.97. The molecule has 5 heteroatoms. The molecule has 5 nitrogen and oxygen atoms in total. The van der Waals surface area contributed by atoms with Crippen LogP contribution in [-0.4, -0.2) is 28.0 Å². The average Bonchev–Trinajstić information content (AvgIpc) is 2.39. The summed E-state index contributed by atoms with van der Waals surface area (Å²) in [4.78, 5) is 23.3. The molecule has 0 aliphatic heterocycles. The summed E-state index contributed by atoms with van der Waals surface area (Å²) in [5, 5.41) is 0. The van der Waals surface area contributed by atoms with Crippen LogP contribution < -0.4 is 0 Å². The van der Waals surface area contributed by atoms with Crippen molar-refractivity contribution in [3.8, 4) is 11.4 Å². The lowest BCUT2D eigenvalue weighted by atomic mass is 10.2. The van der Waals surface area contributed by atoms with E-state index in [0.29, 0.717) is 11.4 Å². The van der Waals surface area contributed by atoms with E-state index in [9.17, 15) is 4.79 Å². The van der Waals surface area contributed by atoms with Gasteiger partial charge in [-0.3, -0.25) is 4.98 Å². The van der Waals surface area contributed by atoms with Crippen LogP contribution >= 0.6 is 0 Å². The van der Waals surface area contributed by atoms with Crippen LogP contribution in [0.2, 0.25) is 0 Å². The maximum atomic E-state index is 11.2. The van der Waals surface area contributed by atoms with E-state index in [4.69, 9.17) is 0 Å². The van der Waals surface area contributed by atoms with Crippen LogP contribution in [0.1, 0.15) is 10.6 Å². The van der Waals surface area contributed by atoms with E-state index in [1.807, 2.05) is 18.2 Å². The Labute approximate surface area is 92.2 Å². The lowest BCUT2D eigenvalue weighted by molar-refractivity contribution is 0.0587. The van der Waals surface area contributed by atoms with Crippen molar-refractivity contribution in [2.75, 3.05) is 7.11 Å². The molecule has 2 aromatic rings. The summed E-state index contributed by atoms with van der Waals surface area (Å²) in [6, 6.07) is 7.16. The second kappa shape index (κ2) is 4.48. The fourth-order valence-corrected chi connectivity index (χ4v) is 1.21. The Morgan fingerprint density at radius 2 is 2.00 bits per heavy atom. The number of ether oxygens (including phenoxy) is 1. The van der Waals surface area contributed by atoms with Gasteiger partial charge in [-0.2, -0.15) is 0 Å². The predicted octanol–water partition coefficient (Wildman–Crippen LogP) is 1.33. The van der Waals surface area contributed by atoms with Crippen molar-refractivity contribution in [3.63, 3.8) is 0 Å². The summed E-state index contributed by atoms with van der Waals surface area (Å²) in [5.41, 5.74) is 1.28. The minimum absolute atomic E-state index is 0.0330. The standard InChI is InChI=1S/C11H9N3O2/c1-16-11(15)10-13-7-5-9(14-10)8-4-2-3-6-12-8/h2-7H,1H3. The van der Waals surface area contributed by atoms with Crippen molar-refractivity contribution in [1.29, 1.82) is 0 Å². The fourth-order valence-electron chi connectivity index (χ4n) is 1.21. The van der Waals surface area contributed by atoms with Gasteiger partial charge in [-0.05, 0) is 18.2 Å². The third kappa shape index (κ3) is 2.03. The Morgan fingerprint density at radius 3 is 2.69 bits per heavy atom. The molecule has 0 bridgehead atoms. The minimum Gasteiger partial charge on any atom is -0.463 e. The molecule has 0 aliphatic rings. The molecule has 80 valence electrons. The molecule has 2 aromatic heterocycles. The topological polar surface area (TPSA) is 65.0 Å².